The SMILES string of the molecule is COC(=O)c1c(-c2ccc(COC3CCN(C(=O)OC(C)(C)C)CC3)cc2)nn(-c2ccccc2)c1C(=O)OC. The van der Waals surface area contributed by atoms with Gasteiger partial charge in [-0.1, -0.05) is 42.5 Å². The van der Waals surface area contributed by atoms with Crippen LogP contribution in [0.25, 0.3) is 16.9 Å². The van der Waals surface area contributed by atoms with Crippen molar-refractivity contribution in [2.24, 2.45) is 0 Å². The number of piperidine rings is 1. The summed E-state index contributed by atoms with van der Waals surface area (Å²) in [6, 6.07) is 16.5. The molecule has 0 N–H and O–H groups in total. The summed E-state index contributed by atoms with van der Waals surface area (Å²) in [6.45, 7) is 7.13. The Labute approximate surface area is 233 Å². The van der Waals surface area contributed by atoms with Crippen LogP contribution in [0.1, 0.15) is 60.0 Å². The first-order chi connectivity index (χ1) is 19.1. The maximum absolute atomic E-state index is 12.8. The van der Waals surface area contributed by atoms with Gasteiger partial charge in [-0.2, -0.15) is 5.10 Å². The molecule has 4 rings (SSSR count). The molecule has 1 aliphatic heterocycles. The lowest BCUT2D eigenvalue weighted by Crippen LogP contribution is -2.43. The fourth-order valence-electron chi connectivity index (χ4n) is 4.46. The van der Waals surface area contributed by atoms with E-state index in [1.165, 1.54) is 18.9 Å². The van der Waals surface area contributed by atoms with E-state index in [1.54, 1.807) is 17.0 Å². The van der Waals surface area contributed by atoms with Crippen molar-refractivity contribution in [2.75, 3.05) is 27.3 Å². The Morgan fingerprint density at radius 2 is 1.52 bits per heavy atom. The van der Waals surface area contributed by atoms with E-state index in [9.17, 15) is 14.4 Å². The Bertz CT molecular complexity index is 1340. The summed E-state index contributed by atoms with van der Waals surface area (Å²) in [5, 5.41) is 4.62. The minimum Gasteiger partial charge on any atom is -0.465 e. The number of hydrogen-bond donors (Lipinski definition) is 0. The highest BCUT2D eigenvalue weighted by Gasteiger charge is 2.31. The van der Waals surface area contributed by atoms with Gasteiger partial charge in [0.2, 0.25) is 0 Å². The number of rotatable bonds is 7. The van der Waals surface area contributed by atoms with Gasteiger partial charge in [-0.15, -0.1) is 0 Å². The molecule has 0 spiro atoms. The lowest BCUT2D eigenvalue weighted by atomic mass is 10.0. The molecule has 1 fully saturated rings. The summed E-state index contributed by atoms with van der Waals surface area (Å²) in [5.41, 5.74) is 1.97. The van der Waals surface area contributed by atoms with E-state index in [1.807, 2.05) is 63.2 Å². The van der Waals surface area contributed by atoms with Crippen molar-refractivity contribution in [3.63, 3.8) is 0 Å². The summed E-state index contributed by atoms with van der Waals surface area (Å²) < 4.78 is 23.0. The molecular formula is C30H35N3O7. The molecule has 0 aliphatic carbocycles. The summed E-state index contributed by atoms with van der Waals surface area (Å²) in [5.74, 6) is -1.39. The zero-order valence-electron chi connectivity index (χ0n) is 23.5. The first-order valence-corrected chi connectivity index (χ1v) is 13.1. The van der Waals surface area contributed by atoms with Crippen molar-refractivity contribution in [2.45, 2.75) is 51.9 Å². The van der Waals surface area contributed by atoms with Crippen LogP contribution in [-0.4, -0.2) is 71.7 Å². The zero-order valence-corrected chi connectivity index (χ0v) is 23.5. The van der Waals surface area contributed by atoms with Gasteiger partial charge < -0.3 is 23.8 Å². The van der Waals surface area contributed by atoms with Gasteiger partial charge in [0.05, 0.1) is 32.6 Å². The van der Waals surface area contributed by atoms with Gasteiger partial charge in [0.1, 0.15) is 16.9 Å². The van der Waals surface area contributed by atoms with E-state index < -0.39 is 17.5 Å². The minimum atomic E-state index is -0.703. The van der Waals surface area contributed by atoms with Gasteiger partial charge in [0, 0.05) is 18.7 Å². The van der Waals surface area contributed by atoms with Crippen LogP contribution in [-0.2, 0) is 25.6 Å². The Morgan fingerprint density at radius 1 is 0.900 bits per heavy atom. The first kappa shape index (κ1) is 28.8. The Kier molecular flexibility index (Phi) is 8.89. The normalized spacial score (nSPS) is 14.1. The van der Waals surface area contributed by atoms with E-state index in [-0.39, 0.29) is 23.5 Å². The molecule has 1 amide bonds. The standard InChI is InChI=1S/C30H35N3O7/c1-30(2,3)40-29(36)32-17-15-23(16-18-32)39-19-20-11-13-21(14-12-20)25-24(27(34)37-4)26(28(35)38-5)33(31-25)22-9-7-6-8-10-22/h6-14,23H,15-19H2,1-5H3. The third kappa shape index (κ3) is 6.69. The average molecular weight is 550 g/mol. The van der Waals surface area contributed by atoms with Gasteiger partial charge in [-0.3, -0.25) is 0 Å². The molecule has 40 heavy (non-hydrogen) atoms. The number of hydrogen-bond acceptors (Lipinski definition) is 8. The van der Waals surface area contributed by atoms with Crippen LogP contribution in [0.4, 0.5) is 4.79 Å². The van der Waals surface area contributed by atoms with Gasteiger partial charge >= 0.3 is 18.0 Å². The molecular weight excluding hydrogens is 514 g/mol. The molecule has 1 aliphatic rings. The summed E-state index contributed by atoms with van der Waals surface area (Å²) in [7, 11) is 2.51. The highest BCUT2D eigenvalue weighted by atomic mass is 16.6. The summed E-state index contributed by atoms with van der Waals surface area (Å²) in [4.78, 5) is 39.6. The van der Waals surface area contributed by atoms with Crippen LogP contribution >= 0.6 is 0 Å². The smallest absolute Gasteiger partial charge is 0.410 e. The fourth-order valence-corrected chi connectivity index (χ4v) is 4.46. The average Bonchev–Trinajstić information content (AvgIpc) is 3.36. The number of amides is 1. The molecule has 3 aromatic rings. The molecule has 212 valence electrons. The number of para-hydroxylation sites is 1. The largest absolute Gasteiger partial charge is 0.465 e. The number of carbonyl (C=O) groups is 3. The monoisotopic (exact) mass is 549 g/mol. The second kappa shape index (κ2) is 12.3. The molecule has 0 atom stereocenters. The molecule has 1 saturated heterocycles. The number of nitrogens with zero attached hydrogens (tertiary/aromatic N) is 3. The maximum Gasteiger partial charge on any atom is 0.410 e. The second-order valence-corrected chi connectivity index (χ2v) is 10.5. The molecule has 0 radical (unpaired) electrons. The van der Waals surface area contributed by atoms with Crippen LogP contribution in [0, 0.1) is 0 Å². The number of methoxy groups -OCH3 is 2. The number of esters is 2. The summed E-state index contributed by atoms with van der Waals surface area (Å²) in [6.07, 6.45) is 1.20. The highest BCUT2D eigenvalue weighted by molar-refractivity contribution is 6.06. The van der Waals surface area contributed by atoms with E-state index in [0.29, 0.717) is 36.6 Å². The lowest BCUT2D eigenvalue weighted by molar-refractivity contribution is -0.0170. The van der Waals surface area contributed by atoms with Crippen molar-refractivity contribution in [3.05, 3.63) is 71.4 Å². The topological polar surface area (TPSA) is 109 Å². The Morgan fingerprint density at radius 3 is 2.10 bits per heavy atom. The molecule has 2 aromatic carbocycles. The van der Waals surface area contributed by atoms with Crippen LogP contribution in [0.3, 0.4) is 0 Å². The first-order valence-electron chi connectivity index (χ1n) is 13.1. The molecule has 0 unspecified atom stereocenters. The van der Waals surface area contributed by atoms with Crippen molar-refractivity contribution >= 4 is 18.0 Å². The van der Waals surface area contributed by atoms with Gasteiger partial charge in [-0.25, -0.2) is 19.1 Å². The zero-order chi connectivity index (χ0) is 28.9. The van der Waals surface area contributed by atoms with Crippen LogP contribution in [0.15, 0.2) is 54.6 Å². The third-order valence-corrected chi connectivity index (χ3v) is 6.46. The fraction of sp³-hybridized carbons (Fsp3) is 0.400. The van der Waals surface area contributed by atoms with E-state index in [0.717, 1.165) is 18.4 Å². The Hall–Kier alpha value is -4.18. The van der Waals surface area contributed by atoms with Gasteiger partial charge in [-0.05, 0) is 51.3 Å². The maximum atomic E-state index is 12.8. The molecule has 1 aromatic heterocycles. The molecule has 2 heterocycles. The van der Waals surface area contributed by atoms with E-state index in [2.05, 4.69) is 5.10 Å². The quantitative estimate of drug-likeness (QED) is 0.298. The van der Waals surface area contributed by atoms with Crippen molar-refractivity contribution in [1.82, 2.24) is 14.7 Å². The minimum absolute atomic E-state index is 0.0133. The van der Waals surface area contributed by atoms with Crippen LogP contribution in [0.5, 0.6) is 0 Å². The van der Waals surface area contributed by atoms with Crippen LogP contribution < -0.4 is 0 Å². The number of ether oxygens (including phenoxy) is 4. The van der Waals surface area contributed by atoms with Crippen molar-refractivity contribution in [1.29, 1.82) is 0 Å². The van der Waals surface area contributed by atoms with E-state index >= 15 is 0 Å². The predicted molar refractivity (Wildman–Crippen MR) is 147 cm³/mol. The molecule has 0 saturated carbocycles. The van der Waals surface area contributed by atoms with E-state index in [4.69, 9.17) is 18.9 Å². The van der Waals surface area contributed by atoms with Crippen molar-refractivity contribution < 1.29 is 33.3 Å². The van der Waals surface area contributed by atoms with Crippen LogP contribution in [0.2, 0.25) is 0 Å². The van der Waals surface area contributed by atoms with Crippen molar-refractivity contribution in [3.8, 4) is 16.9 Å². The summed E-state index contributed by atoms with van der Waals surface area (Å²) >= 11 is 0. The lowest BCUT2D eigenvalue weighted by Gasteiger charge is -2.33. The number of carbonyl (C=O) groups excluding carboxylic acids is 3. The second-order valence-electron chi connectivity index (χ2n) is 10.5. The number of aromatic nitrogens is 2. The molecule has 0 bridgehead atoms. The number of likely N-dealkylation sites (tertiary alicyclic amines) is 1. The molecule has 10 heteroatoms. The van der Waals surface area contributed by atoms with Gasteiger partial charge in [0.25, 0.3) is 0 Å². The number of benzene rings is 2. The molecule has 10 nitrogen and oxygen atoms in total. The highest BCUT2D eigenvalue weighted by Crippen LogP contribution is 2.30. The van der Waals surface area contributed by atoms with Gasteiger partial charge in [0.15, 0.2) is 5.69 Å². The third-order valence-electron chi connectivity index (χ3n) is 6.46. The Balaban J connectivity index is 1.49. The predicted octanol–water partition coefficient (Wildman–Crippen LogP) is 5.03.